The summed E-state index contributed by atoms with van der Waals surface area (Å²) >= 11 is 9.05. The molecule has 4 nitrogen and oxygen atoms in total. The van der Waals surface area contributed by atoms with Crippen molar-refractivity contribution in [3.63, 3.8) is 0 Å². The molecule has 1 rings (SSSR count). The van der Waals surface area contributed by atoms with Gasteiger partial charge < -0.3 is 10.0 Å². The minimum Gasteiger partial charge on any atom is -0.392 e. The van der Waals surface area contributed by atoms with Gasteiger partial charge in [-0.05, 0) is 28.9 Å². The third-order valence-electron chi connectivity index (χ3n) is 1.92. The van der Waals surface area contributed by atoms with E-state index in [1.165, 1.54) is 11.1 Å². The third-order valence-corrected chi connectivity index (χ3v) is 2.66. The van der Waals surface area contributed by atoms with Crippen molar-refractivity contribution >= 4 is 33.4 Å². The van der Waals surface area contributed by atoms with Crippen LogP contribution in [0.2, 0.25) is 5.15 Å². The first kappa shape index (κ1) is 13.4. The fraction of sp³-hybridized carbons (Fsp3) is 0.400. The maximum atomic E-state index is 11.9. The average molecular weight is 308 g/mol. The zero-order valence-electron chi connectivity index (χ0n) is 8.94. The van der Waals surface area contributed by atoms with E-state index in [9.17, 15) is 9.90 Å². The fourth-order valence-electron chi connectivity index (χ4n) is 1.26. The molecular weight excluding hydrogens is 295 g/mol. The van der Waals surface area contributed by atoms with E-state index >= 15 is 0 Å². The van der Waals surface area contributed by atoms with Gasteiger partial charge in [-0.3, -0.25) is 4.79 Å². The van der Waals surface area contributed by atoms with Crippen molar-refractivity contribution in [2.24, 2.45) is 0 Å². The molecule has 0 aliphatic carbocycles. The number of carbonyl (C=O) groups is 1. The smallest absolute Gasteiger partial charge is 0.256 e. The van der Waals surface area contributed by atoms with Crippen LogP contribution in [0.25, 0.3) is 0 Å². The Morgan fingerprint density at radius 3 is 2.94 bits per heavy atom. The summed E-state index contributed by atoms with van der Waals surface area (Å²) in [5.41, 5.74) is 0.319. The van der Waals surface area contributed by atoms with E-state index in [1.807, 2.05) is 0 Å². The van der Waals surface area contributed by atoms with Gasteiger partial charge in [-0.2, -0.15) is 0 Å². The number of hydrogen-bond acceptors (Lipinski definition) is 3. The predicted molar refractivity (Wildman–Crippen MR) is 65.6 cm³/mol. The summed E-state index contributed by atoms with van der Waals surface area (Å²) in [7, 11) is 1.60. The van der Waals surface area contributed by atoms with Crippen LogP contribution < -0.4 is 0 Å². The summed E-state index contributed by atoms with van der Waals surface area (Å²) in [6.45, 7) is 1.87. The maximum absolute atomic E-state index is 11.9. The van der Waals surface area contributed by atoms with Gasteiger partial charge in [0.05, 0.1) is 11.7 Å². The molecule has 1 unspecified atom stereocenters. The highest BCUT2D eigenvalue weighted by Crippen LogP contribution is 2.19. The first-order chi connectivity index (χ1) is 7.41. The van der Waals surface area contributed by atoms with Gasteiger partial charge in [0.15, 0.2) is 0 Å². The van der Waals surface area contributed by atoms with Crippen molar-refractivity contribution in [3.05, 3.63) is 27.5 Å². The van der Waals surface area contributed by atoms with Crippen LogP contribution in [-0.2, 0) is 0 Å². The Labute approximate surface area is 107 Å². The number of hydrogen-bond donors (Lipinski definition) is 1. The lowest BCUT2D eigenvalue weighted by Crippen LogP contribution is -2.33. The third kappa shape index (κ3) is 3.43. The van der Waals surface area contributed by atoms with Crippen LogP contribution in [0, 0.1) is 0 Å². The molecule has 1 N–H and O–H groups in total. The second kappa shape index (κ2) is 5.61. The molecule has 1 heterocycles. The number of aromatic nitrogens is 1. The van der Waals surface area contributed by atoms with E-state index in [0.29, 0.717) is 10.0 Å². The summed E-state index contributed by atoms with van der Waals surface area (Å²) in [5, 5.41) is 9.35. The van der Waals surface area contributed by atoms with Gasteiger partial charge >= 0.3 is 0 Å². The predicted octanol–water partition coefficient (Wildman–Crippen LogP) is 1.95. The highest BCUT2D eigenvalue weighted by atomic mass is 79.9. The fourth-order valence-corrected chi connectivity index (χ4v) is 1.77. The summed E-state index contributed by atoms with van der Waals surface area (Å²) in [6.07, 6.45) is 0.946. The Kier molecular flexibility index (Phi) is 4.70. The maximum Gasteiger partial charge on any atom is 0.256 e. The molecule has 1 atom stereocenters. The van der Waals surface area contributed by atoms with Gasteiger partial charge in [0.25, 0.3) is 5.91 Å². The average Bonchev–Trinajstić information content (AvgIpc) is 2.19. The molecule has 0 bridgehead atoms. The minimum atomic E-state index is -0.576. The lowest BCUT2D eigenvalue weighted by Gasteiger charge is -2.19. The Bertz CT molecular complexity index is 398. The molecular formula is C10H12BrClN2O2. The van der Waals surface area contributed by atoms with Gasteiger partial charge in [0.1, 0.15) is 5.15 Å². The number of nitrogens with zero attached hydrogens (tertiary/aromatic N) is 2. The lowest BCUT2D eigenvalue weighted by atomic mass is 10.2. The summed E-state index contributed by atoms with van der Waals surface area (Å²) in [6, 6.07) is 1.61. The normalized spacial score (nSPS) is 12.3. The van der Waals surface area contributed by atoms with Crippen molar-refractivity contribution in [1.82, 2.24) is 9.88 Å². The Morgan fingerprint density at radius 2 is 2.38 bits per heavy atom. The van der Waals surface area contributed by atoms with Crippen molar-refractivity contribution in [1.29, 1.82) is 0 Å². The minimum absolute atomic E-state index is 0.158. The van der Waals surface area contributed by atoms with Crippen LogP contribution in [0.3, 0.4) is 0 Å². The van der Waals surface area contributed by atoms with Gasteiger partial charge in [-0.15, -0.1) is 0 Å². The molecule has 0 radical (unpaired) electrons. The molecule has 16 heavy (non-hydrogen) atoms. The van der Waals surface area contributed by atoms with Gasteiger partial charge in [0, 0.05) is 24.3 Å². The van der Waals surface area contributed by atoms with Gasteiger partial charge in [0.2, 0.25) is 0 Å². The molecule has 1 amide bonds. The van der Waals surface area contributed by atoms with E-state index in [0.717, 1.165) is 0 Å². The van der Waals surface area contributed by atoms with E-state index in [1.54, 1.807) is 20.0 Å². The molecule has 1 aromatic heterocycles. The first-order valence-electron chi connectivity index (χ1n) is 4.66. The van der Waals surface area contributed by atoms with Crippen molar-refractivity contribution in [2.75, 3.05) is 13.6 Å². The van der Waals surface area contributed by atoms with Crippen LogP contribution in [-0.4, -0.2) is 40.6 Å². The quantitative estimate of drug-likeness (QED) is 0.869. The number of rotatable bonds is 3. The van der Waals surface area contributed by atoms with E-state index in [4.69, 9.17) is 11.6 Å². The molecule has 0 saturated carbocycles. The van der Waals surface area contributed by atoms with Gasteiger partial charge in [-0.25, -0.2) is 4.98 Å². The van der Waals surface area contributed by atoms with Crippen molar-refractivity contribution in [2.45, 2.75) is 13.0 Å². The molecule has 0 spiro atoms. The number of pyridine rings is 1. The number of amides is 1. The van der Waals surface area contributed by atoms with Crippen LogP contribution in [0.5, 0.6) is 0 Å². The Balaban J connectivity index is 2.91. The molecule has 6 heteroatoms. The molecule has 0 aliphatic rings. The van der Waals surface area contributed by atoms with Crippen LogP contribution in [0.15, 0.2) is 16.7 Å². The van der Waals surface area contributed by atoms with Crippen LogP contribution >= 0.6 is 27.5 Å². The number of likely N-dealkylation sites (N-methyl/N-ethyl adjacent to an activating group) is 1. The number of aliphatic hydroxyl groups excluding tert-OH is 1. The molecule has 0 saturated heterocycles. The van der Waals surface area contributed by atoms with Crippen molar-refractivity contribution < 1.29 is 9.90 Å². The van der Waals surface area contributed by atoms with Gasteiger partial charge in [-0.1, -0.05) is 11.6 Å². The van der Waals surface area contributed by atoms with E-state index < -0.39 is 6.10 Å². The Hall–Kier alpha value is -0.650. The standard InChI is InChI=1S/C10H12BrClN2O2/c1-6(15)5-14(2)10(16)8-3-7(11)4-13-9(8)12/h3-4,6,15H,5H2,1-2H3. The zero-order valence-corrected chi connectivity index (χ0v) is 11.3. The molecule has 1 aromatic rings. The second-order valence-corrected chi connectivity index (χ2v) is 4.80. The molecule has 0 aliphatic heterocycles. The number of carbonyl (C=O) groups excluding carboxylic acids is 1. The molecule has 0 aromatic carbocycles. The largest absolute Gasteiger partial charge is 0.392 e. The zero-order chi connectivity index (χ0) is 12.3. The number of halogens is 2. The SMILES string of the molecule is CC(O)CN(C)C(=O)c1cc(Br)cnc1Cl. The topological polar surface area (TPSA) is 53.4 Å². The summed E-state index contributed by atoms with van der Waals surface area (Å²) in [4.78, 5) is 17.2. The van der Waals surface area contributed by atoms with E-state index in [-0.39, 0.29) is 17.6 Å². The summed E-state index contributed by atoms with van der Waals surface area (Å²) in [5.74, 6) is -0.264. The highest BCUT2D eigenvalue weighted by Gasteiger charge is 2.17. The summed E-state index contributed by atoms with van der Waals surface area (Å²) < 4.78 is 0.686. The highest BCUT2D eigenvalue weighted by molar-refractivity contribution is 9.10. The molecule has 0 fully saturated rings. The number of aliphatic hydroxyl groups is 1. The Morgan fingerprint density at radius 1 is 1.75 bits per heavy atom. The van der Waals surface area contributed by atoms with Crippen molar-refractivity contribution in [3.8, 4) is 0 Å². The first-order valence-corrected chi connectivity index (χ1v) is 5.83. The second-order valence-electron chi connectivity index (χ2n) is 3.53. The molecule has 88 valence electrons. The monoisotopic (exact) mass is 306 g/mol. The van der Waals surface area contributed by atoms with Crippen LogP contribution in [0.1, 0.15) is 17.3 Å². The van der Waals surface area contributed by atoms with E-state index in [2.05, 4.69) is 20.9 Å². The van der Waals surface area contributed by atoms with Crippen LogP contribution in [0.4, 0.5) is 0 Å². The lowest BCUT2D eigenvalue weighted by molar-refractivity contribution is 0.0703.